The zero-order valence-electron chi connectivity index (χ0n) is 19.4. The quantitative estimate of drug-likeness (QED) is 0.719. The number of carbonyl (C=O) groups excluding carboxylic acids is 1. The van der Waals surface area contributed by atoms with Crippen molar-refractivity contribution in [2.45, 2.75) is 65.3 Å². The van der Waals surface area contributed by atoms with Gasteiger partial charge in [0.25, 0.3) is 0 Å². The fourth-order valence-electron chi connectivity index (χ4n) is 3.03. The smallest absolute Gasteiger partial charge is 0.444 e. The van der Waals surface area contributed by atoms with Gasteiger partial charge < -0.3 is 19.4 Å². The maximum atomic E-state index is 12.2. The number of nitrogens with zero attached hydrogens (tertiary/aromatic N) is 2. The molecule has 7 nitrogen and oxygen atoms in total. The van der Waals surface area contributed by atoms with Crippen LogP contribution in [0.25, 0.3) is 11.8 Å². The van der Waals surface area contributed by atoms with Gasteiger partial charge in [-0.3, -0.25) is 0 Å². The lowest BCUT2D eigenvalue weighted by Crippen LogP contribution is -2.41. The Bertz CT molecular complexity index is 929. The second-order valence-corrected chi connectivity index (χ2v) is 9.72. The van der Waals surface area contributed by atoms with Gasteiger partial charge in [-0.1, -0.05) is 24.3 Å². The van der Waals surface area contributed by atoms with Crippen molar-refractivity contribution in [3.63, 3.8) is 0 Å². The third kappa shape index (κ3) is 5.77. The van der Waals surface area contributed by atoms with Crippen molar-refractivity contribution in [1.29, 1.82) is 0 Å². The van der Waals surface area contributed by atoms with Crippen LogP contribution in [-0.2, 0) is 14.0 Å². The lowest BCUT2D eigenvalue weighted by molar-refractivity contribution is 0.00578. The third-order valence-corrected chi connectivity index (χ3v) is 5.37. The van der Waals surface area contributed by atoms with Crippen LogP contribution >= 0.6 is 0 Å². The minimum Gasteiger partial charge on any atom is -0.444 e. The zero-order valence-corrected chi connectivity index (χ0v) is 19.4. The molecule has 1 fully saturated rings. The SMILES string of the molecule is CC(C)(C)OC(=O)NCC(=Cc1cnn(-c2ccccc2)c1)B1OC(C)(C)C(C)(C)O1. The van der Waals surface area contributed by atoms with E-state index in [-0.39, 0.29) is 6.54 Å². The Morgan fingerprint density at radius 3 is 2.35 bits per heavy atom. The average molecular weight is 425 g/mol. The Hall–Kier alpha value is -2.58. The molecule has 0 bridgehead atoms. The second kappa shape index (κ2) is 8.51. The number of ether oxygens (including phenoxy) is 1. The molecule has 0 radical (unpaired) electrons. The number of rotatable bonds is 5. The van der Waals surface area contributed by atoms with Gasteiger partial charge in [-0.25, -0.2) is 9.48 Å². The Labute approximate surface area is 184 Å². The summed E-state index contributed by atoms with van der Waals surface area (Å²) in [5.41, 5.74) is 1.06. The fraction of sp³-hybridized carbons (Fsp3) is 0.478. The third-order valence-electron chi connectivity index (χ3n) is 5.37. The van der Waals surface area contributed by atoms with Crippen molar-refractivity contribution in [2.75, 3.05) is 6.54 Å². The molecule has 1 saturated heterocycles. The molecule has 1 amide bonds. The molecule has 31 heavy (non-hydrogen) atoms. The van der Waals surface area contributed by atoms with Crippen molar-refractivity contribution in [3.05, 3.63) is 53.8 Å². The number of benzene rings is 1. The Balaban J connectivity index is 1.84. The number of para-hydroxylation sites is 1. The normalized spacial score (nSPS) is 18.2. The van der Waals surface area contributed by atoms with Crippen LogP contribution in [0.5, 0.6) is 0 Å². The molecule has 1 N–H and O–H groups in total. The molecule has 0 unspecified atom stereocenters. The monoisotopic (exact) mass is 425 g/mol. The maximum absolute atomic E-state index is 12.2. The van der Waals surface area contributed by atoms with Gasteiger partial charge in [-0.05, 0) is 66.1 Å². The highest BCUT2D eigenvalue weighted by molar-refractivity contribution is 6.56. The summed E-state index contributed by atoms with van der Waals surface area (Å²) < 4.78 is 19.6. The standard InChI is InChI=1S/C23H32BN3O4/c1-21(2,3)29-20(28)25-15-18(24-30-22(4,5)23(6,7)31-24)13-17-14-26-27(16-17)19-11-9-8-10-12-19/h8-14,16H,15H2,1-7H3,(H,25,28). The first-order valence-corrected chi connectivity index (χ1v) is 10.5. The molecule has 0 atom stereocenters. The van der Waals surface area contributed by atoms with Crippen LogP contribution in [0.1, 0.15) is 54.0 Å². The number of aromatic nitrogens is 2. The molecule has 2 aromatic rings. The predicted octanol–water partition coefficient (Wildman–Crippen LogP) is 4.41. The van der Waals surface area contributed by atoms with Gasteiger partial charge in [-0.2, -0.15) is 5.10 Å². The van der Waals surface area contributed by atoms with Crippen molar-refractivity contribution in [1.82, 2.24) is 15.1 Å². The summed E-state index contributed by atoms with van der Waals surface area (Å²) in [6, 6.07) is 9.87. The molecule has 8 heteroatoms. The van der Waals surface area contributed by atoms with Gasteiger partial charge in [0.1, 0.15) is 5.60 Å². The van der Waals surface area contributed by atoms with Crippen LogP contribution in [0, 0.1) is 0 Å². The molecule has 1 aromatic heterocycles. The lowest BCUT2D eigenvalue weighted by atomic mass is 9.77. The summed E-state index contributed by atoms with van der Waals surface area (Å²) in [4.78, 5) is 12.2. The van der Waals surface area contributed by atoms with E-state index in [4.69, 9.17) is 14.0 Å². The van der Waals surface area contributed by atoms with Gasteiger partial charge in [0.05, 0.1) is 23.1 Å². The van der Waals surface area contributed by atoms with E-state index >= 15 is 0 Å². The average Bonchev–Trinajstić information content (AvgIpc) is 3.20. The van der Waals surface area contributed by atoms with Crippen molar-refractivity contribution in [3.8, 4) is 5.69 Å². The fourth-order valence-corrected chi connectivity index (χ4v) is 3.03. The first-order chi connectivity index (χ1) is 14.4. The van der Waals surface area contributed by atoms with E-state index in [1.54, 1.807) is 10.9 Å². The topological polar surface area (TPSA) is 74.6 Å². The predicted molar refractivity (Wildman–Crippen MR) is 122 cm³/mol. The van der Waals surface area contributed by atoms with Crippen LogP contribution in [0.2, 0.25) is 0 Å². The summed E-state index contributed by atoms with van der Waals surface area (Å²) in [5, 5.41) is 7.26. The van der Waals surface area contributed by atoms with Crippen LogP contribution in [0.15, 0.2) is 48.2 Å². The minimum absolute atomic E-state index is 0.224. The summed E-state index contributed by atoms with van der Waals surface area (Å²) in [7, 11) is -0.597. The Kier molecular flexibility index (Phi) is 6.34. The number of nitrogens with one attached hydrogen (secondary N) is 1. The first-order valence-electron chi connectivity index (χ1n) is 10.5. The lowest BCUT2D eigenvalue weighted by Gasteiger charge is -2.32. The van der Waals surface area contributed by atoms with Crippen molar-refractivity contribution < 1.29 is 18.8 Å². The van der Waals surface area contributed by atoms with E-state index in [1.807, 2.05) is 91.1 Å². The van der Waals surface area contributed by atoms with E-state index < -0.39 is 30.0 Å². The van der Waals surface area contributed by atoms with E-state index in [0.29, 0.717) is 0 Å². The highest BCUT2D eigenvalue weighted by Crippen LogP contribution is 2.38. The van der Waals surface area contributed by atoms with Crippen LogP contribution in [0.4, 0.5) is 4.79 Å². The van der Waals surface area contributed by atoms with Crippen molar-refractivity contribution in [2.24, 2.45) is 0 Å². The maximum Gasteiger partial charge on any atom is 0.492 e. The van der Waals surface area contributed by atoms with Crippen LogP contribution < -0.4 is 5.32 Å². The first kappa shape index (κ1) is 23.1. The summed E-state index contributed by atoms with van der Waals surface area (Å²) in [6.07, 6.45) is 5.14. The number of alkyl carbamates (subject to hydrolysis) is 1. The van der Waals surface area contributed by atoms with Gasteiger partial charge >= 0.3 is 13.2 Å². The van der Waals surface area contributed by atoms with Crippen LogP contribution in [0.3, 0.4) is 0 Å². The highest BCUT2D eigenvalue weighted by Gasteiger charge is 2.52. The van der Waals surface area contributed by atoms with E-state index in [0.717, 1.165) is 16.7 Å². The molecule has 1 aliphatic heterocycles. The molecule has 1 aliphatic rings. The van der Waals surface area contributed by atoms with Gasteiger partial charge in [0.15, 0.2) is 0 Å². The van der Waals surface area contributed by atoms with Gasteiger partial charge in [-0.15, -0.1) is 0 Å². The van der Waals surface area contributed by atoms with Crippen LogP contribution in [-0.4, -0.2) is 46.3 Å². The molecule has 0 spiro atoms. The minimum atomic E-state index is -0.597. The number of hydrogen-bond acceptors (Lipinski definition) is 5. The molecule has 0 aliphatic carbocycles. The zero-order chi connectivity index (χ0) is 22.9. The van der Waals surface area contributed by atoms with Gasteiger partial charge in [0.2, 0.25) is 0 Å². The number of hydrogen-bond donors (Lipinski definition) is 1. The molecular formula is C23H32BN3O4. The van der Waals surface area contributed by atoms with E-state index in [9.17, 15) is 4.79 Å². The molecule has 166 valence electrons. The second-order valence-electron chi connectivity index (χ2n) is 9.72. The molecular weight excluding hydrogens is 393 g/mol. The summed E-state index contributed by atoms with van der Waals surface area (Å²) >= 11 is 0. The van der Waals surface area contributed by atoms with E-state index in [1.165, 1.54) is 0 Å². The molecule has 2 heterocycles. The molecule has 3 rings (SSSR count). The molecule has 0 saturated carbocycles. The summed E-state index contributed by atoms with van der Waals surface area (Å²) in [6.45, 7) is 13.7. The summed E-state index contributed by atoms with van der Waals surface area (Å²) in [5.74, 6) is 0. The van der Waals surface area contributed by atoms with Gasteiger partial charge in [0, 0.05) is 18.3 Å². The highest BCUT2D eigenvalue weighted by atomic mass is 16.7. The largest absolute Gasteiger partial charge is 0.492 e. The number of amides is 1. The Morgan fingerprint density at radius 2 is 1.77 bits per heavy atom. The molecule has 1 aromatic carbocycles. The number of carbonyl (C=O) groups is 1. The Morgan fingerprint density at radius 1 is 1.16 bits per heavy atom. The van der Waals surface area contributed by atoms with Crippen molar-refractivity contribution >= 4 is 19.3 Å². The van der Waals surface area contributed by atoms with E-state index in [2.05, 4.69) is 10.4 Å².